The van der Waals surface area contributed by atoms with Crippen LogP contribution in [0.25, 0.3) is 23.1 Å². The quantitative estimate of drug-likeness (QED) is 0.697. The average molecular weight is 321 g/mol. The van der Waals surface area contributed by atoms with Crippen molar-refractivity contribution in [1.82, 2.24) is 4.98 Å². The van der Waals surface area contributed by atoms with Crippen molar-refractivity contribution in [2.45, 2.75) is 0 Å². The van der Waals surface area contributed by atoms with Gasteiger partial charge in [-0.05, 0) is 35.4 Å². The van der Waals surface area contributed by atoms with Gasteiger partial charge < -0.3 is 14.2 Å². The van der Waals surface area contributed by atoms with Gasteiger partial charge in [-0.25, -0.2) is 0 Å². The molecule has 24 heavy (non-hydrogen) atoms. The molecule has 122 valence electrons. The molecule has 2 aromatic carbocycles. The molecule has 0 fully saturated rings. The minimum Gasteiger partial charge on any atom is -0.493 e. The largest absolute Gasteiger partial charge is 0.493 e. The Kier molecular flexibility index (Phi) is 4.66. The minimum atomic E-state index is 0.589. The smallest absolute Gasteiger partial charge is 0.203 e. The molecule has 0 N–H and O–H groups in total. The summed E-state index contributed by atoms with van der Waals surface area (Å²) in [5.41, 5.74) is 3.05. The standard InChI is InChI=1S/C20H19NO3/c1-22-18-12-14(13-19(23-2)20(18)24-3)8-9-15-10-11-21-17-7-5-4-6-16(15)17/h4-13H,1-3H3/b9-8-. The molecular weight excluding hydrogens is 302 g/mol. The van der Waals surface area contributed by atoms with Crippen LogP contribution in [0.5, 0.6) is 17.2 Å². The Morgan fingerprint density at radius 1 is 0.833 bits per heavy atom. The van der Waals surface area contributed by atoms with Crippen molar-refractivity contribution < 1.29 is 14.2 Å². The SMILES string of the molecule is COc1cc(/C=C\c2ccnc3ccccc23)cc(OC)c1OC. The van der Waals surface area contributed by atoms with Gasteiger partial charge >= 0.3 is 0 Å². The Bertz CT molecular complexity index is 857. The Labute approximate surface area is 141 Å². The second-order valence-corrected chi connectivity index (χ2v) is 5.21. The van der Waals surface area contributed by atoms with Gasteiger partial charge in [0, 0.05) is 11.6 Å². The van der Waals surface area contributed by atoms with Gasteiger partial charge in [0.15, 0.2) is 11.5 Å². The van der Waals surface area contributed by atoms with E-state index in [2.05, 4.69) is 17.1 Å². The maximum absolute atomic E-state index is 5.39. The van der Waals surface area contributed by atoms with E-state index in [0.717, 1.165) is 22.0 Å². The molecule has 4 nitrogen and oxygen atoms in total. The first-order valence-corrected chi connectivity index (χ1v) is 7.58. The Balaban J connectivity index is 2.02. The number of ether oxygens (including phenoxy) is 3. The number of pyridine rings is 1. The summed E-state index contributed by atoms with van der Waals surface area (Å²) in [4.78, 5) is 4.38. The molecule has 0 aliphatic heterocycles. The predicted octanol–water partition coefficient (Wildman–Crippen LogP) is 4.43. The zero-order valence-corrected chi connectivity index (χ0v) is 13.9. The predicted molar refractivity (Wildman–Crippen MR) is 96.8 cm³/mol. The van der Waals surface area contributed by atoms with Crippen LogP contribution in [-0.2, 0) is 0 Å². The third-order valence-corrected chi connectivity index (χ3v) is 3.83. The summed E-state index contributed by atoms with van der Waals surface area (Å²) in [6.45, 7) is 0. The number of aromatic nitrogens is 1. The van der Waals surface area contributed by atoms with E-state index in [1.165, 1.54) is 0 Å². The van der Waals surface area contributed by atoms with Crippen molar-refractivity contribution in [3.05, 3.63) is 59.8 Å². The van der Waals surface area contributed by atoms with Crippen molar-refractivity contribution >= 4 is 23.1 Å². The fourth-order valence-electron chi connectivity index (χ4n) is 2.65. The van der Waals surface area contributed by atoms with Crippen LogP contribution in [0.1, 0.15) is 11.1 Å². The maximum atomic E-state index is 5.39. The van der Waals surface area contributed by atoms with E-state index in [1.54, 1.807) is 21.3 Å². The number of hydrogen-bond acceptors (Lipinski definition) is 4. The van der Waals surface area contributed by atoms with Crippen LogP contribution in [0.2, 0.25) is 0 Å². The lowest BCUT2D eigenvalue weighted by Crippen LogP contribution is -1.95. The van der Waals surface area contributed by atoms with Crippen molar-refractivity contribution in [2.24, 2.45) is 0 Å². The molecule has 1 aromatic heterocycles. The molecule has 0 spiro atoms. The fourth-order valence-corrected chi connectivity index (χ4v) is 2.65. The van der Waals surface area contributed by atoms with E-state index in [0.29, 0.717) is 17.2 Å². The second-order valence-electron chi connectivity index (χ2n) is 5.21. The van der Waals surface area contributed by atoms with Crippen molar-refractivity contribution in [1.29, 1.82) is 0 Å². The molecule has 0 saturated heterocycles. The molecule has 0 saturated carbocycles. The third-order valence-electron chi connectivity index (χ3n) is 3.83. The van der Waals surface area contributed by atoms with Gasteiger partial charge in [-0.1, -0.05) is 30.4 Å². The summed E-state index contributed by atoms with van der Waals surface area (Å²) in [6.07, 6.45) is 5.90. The van der Waals surface area contributed by atoms with E-state index in [1.807, 2.05) is 48.7 Å². The lowest BCUT2D eigenvalue weighted by atomic mass is 10.1. The van der Waals surface area contributed by atoms with Crippen LogP contribution in [0.4, 0.5) is 0 Å². The summed E-state index contributed by atoms with van der Waals surface area (Å²) in [5.74, 6) is 1.86. The van der Waals surface area contributed by atoms with Gasteiger partial charge in [-0.3, -0.25) is 4.98 Å². The molecule has 0 bridgehead atoms. The molecular formula is C20H19NO3. The molecule has 4 heteroatoms. The lowest BCUT2D eigenvalue weighted by molar-refractivity contribution is 0.324. The topological polar surface area (TPSA) is 40.6 Å². The van der Waals surface area contributed by atoms with Crippen molar-refractivity contribution in [2.75, 3.05) is 21.3 Å². The van der Waals surface area contributed by atoms with E-state index in [4.69, 9.17) is 14.2 Å². The summed E-state index contributed by atoms with van der Waals surface area (Å²) in [5, 5.41) is 1.11. The van der Waals surface area contributed by atoms with Crippen LogP contribution in [0.15, 0.2) is 48.7 Å². The first-order valence-electron chi connectivity index (χ1n) is 7.58. The highest BCUT2D eigenvalue weighted by Gasteiger charge is 2.12. The maximum Gasteiger partial charge on any atom is 0.203 e. The van der Waals surface area contributed by atoms with Gasteiger partial charge in [0.2, 0.25) is 5.75 Å². The van der Waals surface area contributed by atoms with Crippen LogP contribution >= 0.6 is 0 Å². The molecule has 0 aliphatic rings. The first-order chi connectivity index (χ1) is 11.8. The summed E-state index contributed by atoms with van der Waals surface area (Å²) >= 11 is 0. The second kappa shape index (κ2) is 7.04. The Hall–Kier alpha value is -3.01. The monoisotopic (exact) mass is 321 g/mol. The van der Waals surface area contributed by atoms with Crippen molar-refractivity contribution in [3.63, 3.8) is 0 Å². The molecule has 3 rings (SSSR count). The van der Waals surface area contributed by atoms with Crippen molar-refractivity contribution in [3.8, 4) is 17.2 Å². The first kappa shape index (κ1) is 15.9. The van der Waals surface area contributed by atoms with Gasteiger partial charge in [0.05, 0.1) is 26.8 Å². The summed E-state index contributed by atoms with van der Waals surface area (Å²) in [6, 6.07) is 13.9. The number of fused-ring (bicyclic) bond motifs is 1. The van der Waals surface area contributed by atoms with E-state index < -0.39 is 0 Å². The van der Waals surface area contributed by atoms with Crippen LogP contribution < -0.4 is 14.2 Å². The average Bonchev–Trinajstić information content (AvgIpc) is 2.65. The molecule has 0 amide bonds. The highest BCUT2D eigenvalue weighted by Crippen LogP contribution is 2.38. The zero-order valence-electron chi connectivity index (χ0n) is 13.9. The number of benzene rings is 2. The van der Waals surface area contributed by atoms with E-state index >= 15 is 0 Å². The highest BCUT2D eigenvalue weighted by atomic mass is 16.5. The van der Waals surface area contributed by atoms with E-state index in [-0.39, 0.29) is 0 Å². The number of methoxy groups -OCH3 is 3. The van der Waals surface area contributed by atoms with Crippen LogP contribution in [0, 0.1) is 0 Å². The van der Waals surface area contributed by atoms with Gasteiger partial charge in [-0.2, -0.15) is 0 Å². The van der Waals surface area contributed by atoms with Crippen LogP contribution in [-0.4, -0.2) is 26.3 Å². The number of rotatable bonds is 5. The van der Waals surface area contributed by atoms with Crippen LogP contribution in [0.3, 0.4) is 0 Å². The van der Waals surface area contributed by atoms with Gasteiger partial charge in [0.1, 0.15) is 0 Å². The molecule has 1 heterocycles. The molecule has 0 atom stereocenters. The third kappa shape index (κ3) is 3.04. The number of hydrogen-bond donors (Lipinski definition) is 0. The van der Waals surface area contributed by atoms with Gasteiger partial charge in [-0.15, -0.1) is 0 Å². The molecule has 0 aliphatic carbocycles. The minimum absolute atomic E-state index is 0.589. The Morgan fingerprint density at radius 3 is 2.21 bits per heavy atom. The summed E-state index contributed by atoms with van der Waals surface area (Å²) < 4.78 is 16.1. The normalized spacial score (nSPS) is 11.0. The Morgan fingerprint density at radius 2 is 1.54 bits per heavy atom. The fraction of sp³-hybridized carbons (Fsp3) is 0.150. The number of para-hydroxylation sites is 1. The highest BCUT2D eigenvalue weighted by molar-refractivity contribution is 5.90. The molecule has 0 radical (unpaired) electrons. The molecule has 3 aromatic rings. The van der Waals surface area contributed by atoms with Gasteiger partial charge in [0.25, 0.3) is 0 Å². The number of nitrogens with zero attached hydrogens (tertiary/aromatic N) is 1. The zero-order chi connectivity index (χ0) is 16.9. The lowest BCUT2D eigenvalue weighted by Gasteiger charge is -2.12. The molecule has 0 unspecified atom stereocenters. The van der Waals surface area contributed by atoms with E-state index in [9.17, 15) is 0 Å². The summed E-state index contributed by atoms with van der Waals surface area (Å²) in [7, 11) is 4.82.